The van der Waals surface area contributed by atoms with Crippen molar-refractivity contribution in [2.24, 2.45) is 4.99 Å². The molecule has 0 aromatic heterocycles. The number of halogens is 1. The van der Waals surface area contributed by atoms with Crippen molar-refractivity contribution in [2.75, 3.05) is 6.26 Å². The molecule has 16 heavy (non-hydrogen) atoms. The maximum absolute atomic E-state index is 13.9. The van der Waals surface area contributed by atoms with E-state index in [0.29, 0.717) is 5.56 Å². The molecule has 0 bridgehead atoms. The van der Waals surface area contributed by atoms with Crippen LogP contribution in [0.5, 0.6) is 0 Å². The Labute approximate surface area is 98.0 Å². The van der Waals surface area contributed by atoms with E-state index in [-0.39, 0.29) is 5.82 Å². The van der Waals surface area contributed by atoms with Crippen molar-refractivity contribution in [1.82, 2.24) is 0 Å². The van der Waals surface area contributed by atoms with E-state index in [0.717, 1.165) is 24.2 Å². The summed E-state index contributed by atoms with van der Waals surface area (Å²) in [5.74, 6) is -0.273. The Morgan fingerprint density at radius 2 is 2.25 bits per heavy atom. The number of benzene rings is 1. The zero-order valence-electron chi connectivity index (χ0n) is 9.00. The van der Waals surface area contributed by atoms with Crippen LogP contribution in [0.2, 0.25) is 0 Å². The molecule has 0 heterocycles. The molecule has 1 saturated carbocycles. The molecule has 0 aliphatic heterocycles. The Kier molecular flexibility index (Phi) is 3.13. The van der Waals surface area contributed by atoms with Crippen molar-refractivity contribution in [2.45, 2.75) is 29.7 Å². The number of carbonyl (C=O) groups excluding carboxylic acids is 1. The number of aliphatic imine (C=N–C) groups is 1. The molecule has 84 valence electrons. The summed E-state index contributed by atoms with van der Waals surface area (Å²) >= 11 is 1.48. The van der Waals surface area contributed by atoms with Crippen LogP contribution < -0.4 is 0 Å². The predicted octanol–water partition coefficient (Wildman–Crippen LogP) is 3.26. The number of hydrogen-bond acceptors (Lipinski definition) is 3. The molecule has 0 radical (unpaired) electrons. The average molecular weight is 237 g/mol. The molecule has 0 saturated heterocycles. The molecule has 1 aromatic rings. The number of thioether (sulfide) groups is 1. The third kappa shape index (κ3) is 1.68. The SMILES string of the molecule is CSc1cccc(F)c1C1(N=C=O)CCC1. The topological polar surface area (TPSA) is 29.4 Å². The smallest absolute Gasteiger partial charge is 0.211 e. The third-order valence-corrected chi connectivity index (χ3v) is 3.88. The van der Waals surface area contributed by atoms with Crippen molar-refractivity contribution in [3.8, 4) is 0 Å². The van der Waals surface area contributed by atoms with Gasteiger partial charge >= 0.3 is 0 Å². The van der Waals surface area contributed by atoms with Crippen molar-refractivity contribution < 1.29 is 9.18 Å². The van der Waals surface area contributed by atoms with Gasteiger partial charge in [0.1, 0.15) is 11.4 Å². The Morgan fingerprint density at radius 1 is 1.50 bits per heavy atom. The summed E-state index contributed by atoms with van der Waals surface area (Å²) in [6.45, 7) is 0. The lowest BCUT2D eigenvalue weighted by atomic mass is 9.72. The number of hydrogen-bond donors (Lipinski definition) is 0. The summed E-state index contributed by atoms with van der Waals surface area (Å²) in [5.41, 5.74) is -0.0806. The molecule has 2 nitrogen and oxygen atoms in total. The van der Waals surface area contributed by atoms with Gasteiger partial charge in [0, 0.05) is 10.5 Å². The second-order valence-corrected chi connectivity index (χ2v) is 4.75. The van der Waals surface area contributed by atoms with Gasteiger partial charge in [0.05, 0.1) is 0 Å². The summed E-state index contributed by atoms with van der Waals surface area (Å²) < 4.78 is 13.9. The zero-order valence-corrected chi connectivity index (χ0v) is 9.81. The molecule has 0 atom stereocenters. The highest BCUT2D eigenvalue weighted by Gasteiger charge is 2.42. The molecule has 0 unspecified atom stereocenters. The van der Waals surface area contributed by atoms with E-state index in [1.807, 2.05) is 12.3 Å². The lowest BCUT2D eigenvalue weighted by Gasteiger charge is -2.38. The first-order valence-corrected chi connectivity index (χ1v) is 6.38. The van der Waals surface area contributed by atoms with Crippen molar-refractivity contribution in [3.63, 3.8) is 0 Å². The molecule has 1 fully saturated rings. The minimum absolute atomic E-state index is 0.273. The first-order valence-electron chi connectivity index (χ1n) is 5.15. The van der Waals surface area contributed by atoms with E-state index in [2.05, 4.69) is 4.99 Å². The van der Waals surface area contributed by atoms with E-state index in [9.17, 15) is 9.18 Å². The highest BCUT2D eigenvalue weighted by Crippen LogP contribution is 2.48. The van der Waals surface area contributed by atoms with Crippen molar-refractivity contribution in [1.29, 1.82) is 0 Å². The van der Waals surface area contributed by atoms with Crippen LogP contribution in [-0.4, -0.2) is 12.3 Å². The van der Waals surface area contributed by atoms with Gasteiger partial charge in [-0.05, 0) is 37.7 Å². The Bertz CT molecular complexity index is 450. The van der Waals surface area contributed by atoms with E-state index in [1.165, 1.54) is 17.8 Å². The van der Waals surface area contributed by atoms with Gasteiger partial charge < -0.3 is 0 Å². The van der Waals surface area contributed by atoms with Gasteiger partial charge in [-0.3, -0.25) is 0 Å². The molecule has 4 heteroatoms. The molecule has 0 spiro atoms. The van der Waals surface area contributed by atoms with Gasteiger partial charge in [-0.25, -0.2) is 9.18 Å². The van der Waals surface area contributed by atoms with Gasteiger partial charge in [-0.2, -0.15) is 4.99 Å². The minimum atomic E-state index is -0.647. The molecule has 1 aromatic carbocycles. The normalized spacial score (nSPS) is 17.4. The van der Waals surface area contributed by atoms with Gasteiger partial charge in [0.15, 0.2) is 0 Å². The second-order valence-electron chi connectivity index (χ2n) is 3.91. The second kappa shape index (κ2) is 4.40. The van der Waals surface area contributed by atoms with Crippen LogP contribution in [0.4, 0.5) is 4.39 Å². The minimum Gasteiger partial charge on any atom is -0.211 e. The molecule has 1 aliphatic rings. The predicted molar refractivity (Wildman–Crippen MR) is 61.8 cm³/mol. The quantitative estimate of drug-likeness (QED) is 0.459. The number of isocyanates is 1. The van der Waals surface area contributed by atoms with Crippen LogP contribution in [0.3, 0.4) is 0 Å². The van der Waals surface area contributed by atoms with E-state index < -0.39 is 5.54 Å². The average Bonchev–Trinajstić information content (AvgIpc) is 2.24. The zero-order chi connectivity index (χ0) is 11.6. The maximum Gasteiger partial charge on any atom is 0.235 e. The Morgan fingerprint density at radius 3 is 2.75 bits per heavy atom. The molecular formula is C12H12FNOS. The standard InChI is InChI=1S/C12H12FNOS/c1-16-10-5-2-4-9(13)11(10)12(14-8-15)6-3-7-12/h2,4-5H,3,6-7H2,1H3. The summed E-state index contributed by atoms with van der Waals surface area (Å²) in [5, 5.41) is 0. The lowest BCUT2D eigenvalue weighted by Crippen LogP contribution is -2.33. The lowest BCUT2D eigenvalue weighted by molar-refractivity contribution is 0.243. The fourth-order valence-corrected chi connectivity index (χ4v) is 2.85. The van der Waals surface area contributed by atoms with Gasteiger partial charge in [0.2, 0.25) is 6.08 Å². The molecule has 2 rings (SSSR count). The van der Waals surface area contributed by atoms with Crippen molar-refractivity contribution in [3.05, 3.63) is 29.6 Å². The van der Waals surface area contributed by atoms with Crippen LogP contribution in [0.15, 0.2) is 28.1 Å². The van der Waals surface area contributed by atoms with Gasteiger partial charge in [0.25, 0.3) is 0 Å². The molecule has 0 amide bonds. The molecule has 0 N–H and O–H groups in total. The van der Waals surface area contributed by atoms with E-state index >= 15 is 0 Å². The first kappa shape index (κ1) is 11.4. The number of rotatable bonds is 3. The molecule has 1 aliphatic carbocycles. The fraction of sp³-hybridized carbons (Fsp3) is 0.417. The Balaban J connectivity index is 2.57. The monoisotopic (exact) mass is 237 g/mol. The van der Waals surface area contributed by atoms with Crippen LogP contribution >= 0.6 is 11.8 Å². The summed E-state index contributed by atoms with van der Waals surface area (Å²) in [7, 11) is 0. The highest BCUT2D eigenvalue weighted by atomic mass is 32.2. The van der Waals surface area contributed by atoms with Crippen LogP contribution in [0, 0.1) is 5.82 Å². The van der Waals surface area contributed by atoms with Gasteiger partial charge in [-0.15, -0.1) is 11.8 Å². The fourth-order valence-electron chi connectivity index (χ4n) is 2.14. The van der Waals surface area contributed by atoms with E-state index in [4.69, 9.17) is 0 Å². The maximum atomic E-state index is 13.9. The summed E-state index contributed by atoms with van der Waals surface area (Å²) in [4.78, 5) is 15.2. The third-order valence-electron chi connectivity index (χ3n) is 3.10. The Hall–Kier alpha value is -1.12. The van der Waals surface area contributed by atoms with Crippen LogP contribution in [0.1, 0.15) is 24.8 Å². The van der Waals surface area contributed by atoms with Crippen LogP contribution in [0.25, 0.3) is 0 Å². The first-order chi connectivity index (χ1) is 7.73. The molecular weight excluding hydrogens is 225 g/mol. The van der Waals surface area contributed by atoms with Crippen molar-refractivity contribution >= 4 is 17.8 Å². The number of nitrogens with zero attached hydrogens (tertiary/aromatic N) is 1. The van der Waals surface area contributed by atoms with Crippen LogP contribution in [-0.2, 0) is 10.3 Å². The highest BCUT2D eigenvalue weighted by molar-refractivity contribution is 7.98. The summed E-state index contributed by atoms with van der Waals surface area (Å²) in [6.07, 6.45) is 5.93. The van der Waals surface area contributed by atoms with E-state index in [1.54, 1.807) is 12.1 Å². The largest absolute Gasteiger partial charge is 0.235 e. The summed E-state index contributed by atoms with van der Waals surface area (Å²) in [6, 6.07) is 4.97. The van der Waals surface area contributed by atoms with Gasteiger partial charge in [-0.1, -0.05) is 6.07 Å².